The summed E-state index contributed by atoms with van der Waals surface area (Å²) in [6, 6.07) is 5.73. The molecule has 0 atom stereocenters. The average molecular weight is 461 g/mol. The largest absolute Gasteiger partial charge is 0.464 e. The molecule has 1 aliphatic carbocycles. The van der Waals surface area contributed by atoms with E-state index in [1.54, 1.807) is 6.26 Å². The van der Waals surface area contributed by atoms with Crippen LogP contribution in [0.5, 0.6) is 0 Å². The number of hydrogen-bond acceptors (Lipinski definition) is 4. The van der Waals surface area contributed by atoms with Crippen LogP contribution in [0, 0.1) is 0 Å². The summed E-state index contributed by atoms with van der Waals surface area (Å²) in [7, 11) is 0. The lowest BCUT2D eigenvalue weighted by Crippen LogP contribution is -2.25. The minimum atomic E-state index is -0.146. The van der Waals surface area contributed by atoms with Crippen LogP contribution in [-0.2, 0) is 24.1 Å². The van der Waals surface area contributed by atoms with Gasteiger partial charge in [-0.1, -0.05) is 15.9 Å². The van der Waals surface area contributed by atoms with E-state index in [1.165, 1.54) is 16.2 Å². The number of hydrogen-bond donors (Lipinski definition) is 2. The first-order chi connectivity index (χ1) is 13.6. The predicted octanol–water partition coefficient (Wildman–Crippen LogP) is 5.07. The van der Waals surface area contributed by atoms with Crippen molar-refractivity contribution in [1.29, 1.82) is 0 Å². The molecule has 0 unspecified atom stereocenters. The average Bonchev–Trinajstić information content (AvgIpc) is 3.22. The van der Waals surface area contributed by atoms with Gasteiger partial charge >= 0.3 is 0 Å². The normalized spacial score (nSPS) is 13.4. The second-order valence-electron chi connectivity index (χ2n) is 6.90. The quantitative estimate of drug-likeness (QED) is 0.558. The molecule has 0 radical (unpaired) electrons. The summed E-state index contributed by atoms with van der Waals surface area (Å²) in [5, 5.41) is 7.45. The van der Waals surface area contributed by atoms with Gasteiger partial charge in [0.25, 0.3) is 5.91 Å². The maximum atomic E-state index is 12.8. The van der Waals surface area contributed by atoms with Gasteiger partial charge in [0.05, 0.1) is 18.2 Å². The standard InChI is InChI=1S/C21H21BrN2O3S/c1-2-23-20(26)19-14-5-3-4-6-17(14)28-21(19)24-18(25)9-12-11-27-16-8-7-13(22)10-15(12)16/h7-8,10-11H,2-6,9H2,1H3,(H,23,26)(H,24,25). The number of aryl methyl sites for hydroxylation is 1. The molecule has 3 aromatic rings. The summed E-state index contributed by atoms with van der Waals surface area (Å²) < 4.78 is 6.49. The minimum absolute atomic E-state index is 0.102. The van der Waals surface area contributed by atoms with Crippen molar-refractivity contribution in [1.82, 2.24) is 5.32 Å². The Morgan fingerprint density at radius 2 is 2.07 bits per heavy atom. The molecule has 0 spiro atoms. The summed E-state index contributed by atoms with van der Waals surface area (Å²) in [5.41, 5.74) is 3.33. The molecule has 0 saturated heterocycles. The highest BCUT2D eigenvalue weighted by atomic mass is 79.9. The Bertz CT molecular complexity index is 1050. The topological polar surface area (TPSA) is 71.3 Å². The molecule has 4 rings (SSSR count). The Labute approximate surface area is 175 Å². The van der Waals surface area contributed by atoms with E-state index in [9.17, 15) is 9.59 Å². The smallest absolute Gasteiger partial charge is 0.254 e. The lowest BCUT2D eigenvalue weighted by molar-refractivity contribution is -0.115. The zero-order valence-electron chi connectivity index (χ0n) is 15.6. The number of rotatable bonds is 5. The molecule has 0 aliphatic heterocycles. The third-order valence-electron chi connectivity index (χ3n) is 4.96. The molecule has 146 valence electrons. The summed E-state index contributed by atoms with van der Waals surface area (Å²) in [6.45, 7) is 2.46. The van der Waals surface area contributed by atoms with Gasteiger partial charge in [0.1, 0.15) is 10.6 Å². The van der Waals surface area contributed by atoms with E-state index in [0.29, 0.717) is 17.1 Å². The fraction of sp³-hybridized carbons (Fsp3) is 0.333. The number of furan rings is 1. The van der Waals surface area contributed by atoms with E-state index in [4.69, 9.17) is 4.42 Å². The Morgan fingerprint density at radius 1 is 1.25 bits per heavy atom. The zero-order valence-corrected chi connectivity index (χ0v) is 18.0. The molecule has 1 aromatic carbocycles. The van der Waals surface area contributed by atoms with Gasteiger partial charge in [-0.05, 0) is 56.4 Å². The van der Waals surface area contributed by atoms with Crippen LogP contribution in [0.2, 0.25) is 0 Å². The van der Waals surface area contributed by atoms with Crippen molar-refractivity contribution in [3.63, 3.8) is 0 Å². The second-order valence-corrected chi connectivity index (χ2v) is 8.92. The number of benzene rings is 1. The summed E-state index contributed by atoms with van der Waals surface area (Å²) in [4.78, 5) is 26.6. The van der Waals surface area contributed by atoms with E-state index in [0.717, 1.165) is 52.3 Å². The SMILES string of the molecule is CCNC(=O)c1c(NC(=O)Cc2coc3ccc(Br)cc23)sc2c1CCCC2. The molecule has 0 saturated carbocycles. The lowest BCUT2D eigenvalue weighted by atomic mass is 9.95. The third kappa shape index (κ3) is 3.73. The van der Waals surface area contributed by atoms with Crippen LogP contribution >= 0.6 is 27.3 Å². The highest BCUT2D eigenvalue weighted by Gasteiger charge is 2.26. The van der Waals surface area contributed by atoms with Crippen LogP contribution in [0.25, 0.3) is 11.0 Å². The number of nitrogens with one attached hydrogen (secondary N) is 2. The van der Waals surface area contributed by atoms with E-state index in [1.807, 2.05) is 25.1 Å². The van der Waals surface area contributed by atoms with Gasteiger partial charge in [0.2, 0.25) is 5.91 Å². The van der Waals surface area contributed by atoms with Crippen LogP contribution in [0.15, 0.2) is 33.4 Å². The molecule has 0 fully saturated rings. The first-order valence-electron chi connectivity index (χ1n) is 9.45. The monoisotopic (exact) mass is 460 g/mol. The predicted molar refractivity (Wildman–Crippen MR) is 115 cm³/mol. The number of thiophene rings is 1. The van der Waals surface area contributed by atoms with Gasteiger partial charge in [-0.2, -0.15) is 0 Å². The van der Waals surface area contributed by atoms with Crippen LogP contribution in [0.3, 0.4) is 0 Å². The van der Waals surface area contributed by atoms with Crippen LogP contribution in [0.4, 0.5) is 5.00 Å². The van der Waals surface area contributed by atoms with Gasteiger partial charge in [-0.15, -0.1) is 11.3 Å². The number of halogens is 1. The fourth-order valence-electron chi connectivity index (χ4n) is 3.68. The van der Waals surface area contributed by atoms with Crippen molar-refractivity contribution in [3.8, 4) is 0 Å². The minimum Gasteiger partial charge on any atom is -0.464 e. The van der Waals surface area contributed by atoms with Crippen molar-refractivity contribution < 1.29 is 14.0 Å². The summed E-state index contributed by atoms with van der Waals surface area (Å²) in [6.07, 6.45) is 5.91. The Morgan fingerprint density at radius 3 is 2.89 bits per heavy atom. The van der Waals surface area contributed by atoms with Crippen molar-refractivity contribution in [2.75, 3.05) is 11.9 Å². The van der Waals surface area contributed by atoms with Crippen molar-refractivity contribution >= 4 is 55.1 Å². The molecule has 2 heterocycles. The van der Waals surface area contributed by atoms with Crippen LogP contribution < -0.4 is 10.6 Å². The fourth-order valence-corrected chi connectivity index (χ4v) is 5.34. The molecule has 7 heteroatoms. The molecule has 2 N–H and O–H groups in total. The van der Waals surface area contributed by atoms with Gasteiger partial charge < -0.3 is 15.1 Å². The van der Waals surface area contributed by atoms with E-state index in [2.05, 4.69) is 26.6 Å². The van der Waals surface area contributed by atoms with E-state index >= 15 is 0 Å². The molecular weight excluding hydrogens is 440 g/mol. The molecule has 2 amide bonds. The Balaban J connectivity index is 1.59. The lowest BCUT2D eigenvalue weighted by Gasteiger charge is -2.12. The summed E-state index contributed by atoms with van der Waals surface area (Å²) >= 11 is 5.00. The first kappa shape index (κ1) is 19.2. The van der Waals surface area contributed by atoms with Gasteiger partial charge in [-0.3, -0.25) is 9.59 Å². The van der Waals surface area contributed by atoms with E-state index in [-0.39, 0.29) is 18.2 Å². The van der Waals surface area contributed by atoms with Crippen molar-refractivity contribution in [2.45, 2.75) is 39.0 Å². The maximum absolute atomic E-state index is 12.8. The third-order valence-corrected chi connectivity index (χ3v) is 6.66. The molecular formula is C21H21BrN2O3S. The number of carbonyl (C=O) groups is 2. The number of anilines is 1. The van der Waals surface area contributed by atoms with Crippen LogP contribution in [0.1, 0.15) is 46.1 Å². The van der Waals surface area contributed by atoms with E-state index < -0.39 is 0 Å². The molecule has 1 aliphatic rings. The van der Waals surface area contributed by atoms with Gasteiger partial charge in [0, 0.05) is 26.8 Å². The zero-order chi connectivity index (χ0) is 19.7. The Hall–Kier alpha value is -2.12. The number of amides is 2. The highest BCUT2D eigenvalue weighted by Crippen LogP contribution is 2.38. The Kier molecular flexibility index (Phi) is 5.55. The first-order valence-corrected chi connectivity index (χ1v) is 11.1. The van der Waals surface area contributed by atoms with Crippen LogP contribution in [-0.4, -0.2) is 18.4 Å². The number of fused-ring (bicyclic) bond motifs is 2. The van der Waals surface area contributed by atoms with Crippen molar-refractivity contribution in [2.24, 2.45) is 0 Å². The van der Waals surface area contributed by atoms with Gasteiger partial charge in [0.15, 0.2) is 0 Å². The second kappa shape index (κ2) is 8.09. The summed E-state index contributed by atoms with van der Waals surface area (Å²) in [5.74, 6) is -0.248. The molecule has 5 nitrogen and oxygen atoms in total. The molecule has 28 heavy (non-hydrogen) atoms. The van der Waals surface area contributed by atoms with Crippen molar-refractivity contribution in [3.05, 3.63) is 50.5 Å². The molecule has 0 bridgehead atoms. The highest BCUT2D eigenvalue weighted by molar-refractivity contribution is 9.10. The molecule has 2 aromatic heterocycles. The maximum Gasteiger partial charge on any atom is 0.254 e. The van der Waals surface area contributed by atoms with Gasteiger partial charge in [-0.25, -0.2) is 0 Å². The number of carbonyl (C=O) groups excluding carboxylic acids is 2.